The predicted octanol–water partition coefficient (Wildman–Crippen LogP) is 2.42. The molecule has 118 valence electrons. The second-order valence-electron chi connectivity index (χ2n) is 5.54. The quantitative estimate of drug-likeness (QED) is 0.772. The van der Waals surface area contributed by atoms with Crippen LogP contribution >= 0.6 is 0 Å². The van der Waals surface area contributed by atoms with Gasteiger partial charge in [-0.2, -0.15) is 4.72 Å². The zero-order valence-electron chi connectivity index (χ0n) is 12.7. The van der Waals surface area contributed by atoms with Gasteiger partial charge in [-0.25, -0.2) is 8.42 Å². The van der Waals surface area contributed by atoms with Gasteiger partial charge in [-0.1, -0.05) is 39.3 Å². The van der Waals surface area contributed by atoms with Crippen molar-refractivity contribution in [1.82, 2.24) is 4.72 Å². The van der Waals surface area contributed by atoms with Crippen LogP contribution in [0.3, 0.4) is 0 Å². The van der Waals surface area contributed by atoms with E-state index in [0.29, 0.717) is 0 Å². The highest BCUT2D eigenvalue weighted by Crippen LogP contribution is 2.14. The number of rotatable bonds is 8. The van der Waals surface area contributed by atoms with Crippen molar-refractivity contribution in [3.8, 4) is 0 Å². The molecule has 0 aromatic heterocycles. The highest BCUT2D eigenvalue weighted by Gasteiger charge is 2.25. The first kappa shape index (κ1) is 17.7. The van der Waals surface area contributed by atoms with E-state index in [2.05, 4.69) is 11.6 Å². The van der Waals surface area contributed by atoms with E-state index in [1.54, 1.807) is 12.1 Å². The van der Waals surface area contributed by atoms with Crippen LogP contribution in [-0.4, -0.2) is 25.5 Å². The Morgan fingerprint density at radius 2 is 1.81 bits per heavy atom. The number of carboxylic acids is 1. The Hall–Kier alpha value is -1.40. The molecule has 0 radical (unpaired) electrons. The van der Waals surface area contributed by atoms with Gasteiger partial charge in [0.25, 0.3) is 0 Å². The molecule has 0 aliphatic rings. The van der Waals surface area contributed by atoms with E-state index in [0.717, 1.165) is 18.4 Å². The van der Waals surface area contributed by atoms with Crippen molar-refractivity contribution >= 4 is 16.0 Å². The molecule has 0 saturated carbocycles. The first-order valence-corrected chi connectivity index (χ1v) is 8.58. The first-order chi connectivity index (χ1) is 9.76. The standard InChI is InChI=1S/C15H23NO4S/c1-4-5-12-6-8-13(9-7-12)21(19,20)16-14(15(17)18)10-11(2)3/h6-9,11,14,16H,4-5,10H2,1-3H3,(H,17,18)/t14-/m1/s1. The summed E-state index contributed by atoms with van der Waals surface area (Å²) in [5, 5.41) is 9.12. The molecule has 0 heterocycles. The third-order valence-corrected chi connectivity index (χ3v) is 4.56. The Morgan fingerprint density at radius 3 is 2.24 bits per heavy atom. The first-order valence-electron chi connectivity index (χ1n) is 7.10. The van der Waals surface area contributed by atoms with Crippen molar-refractivity contribution in [3.63, 3.8) is 0 Å². The fourth-order valence-electron chi connectivity index (χ4n) is 2.05. The highest BCUT2D eigenvalue weighted by atomic mass is 32.2. The fourth-order valence-corrected chi connectivity index (χ4v) is 3.25. The number of nitrogens with one attached hydrogen (secondary N) is 1. The maximum absolute atomic E-state index is 12.2. The van der Waals surface area contributed by atoms with E-state index in [4.69, 9.17) is 5.11 Å². The zero-order valence-corrected chi connectivity index (χ0v) is 13.5. The monoisotopic (exact) mass is 313 g/mol. The van der Waals surface area contributed by atoms with Crippen LogP contribution in [0.1, 0.15) is 39.2 Å². The Labute approximate surface area is 126 Å². The van der Waals surface area contributed by atoms with Crippen molar-refractivity contribution in [2.75, 3.05) is 0 Å². The third kappa shape index (κ3) is 5.47. The van der Waals surface area contributed by atoms with Gasteiger partial charge in [0.1, 0.15) is 6.04 Å². The Kier molecular flexibility index (Phi) is 6.36. The van der Waals surface area contributed by atoms with Crippen LogP contribution in [0.2, 0.25) is 0 Å². The van der Waals surface area contributed by atoms with Crippen LogP contribution in [0.15, 0.2) is 29.2 Å². The van der Waals surface area contributed by atoms with E-state index >= 15 is 0 Å². The minimum atomic E-state index is -3.81. The number of aryl methyl sites for hydroxylation is 1. The molecule has 1 rings (SSSR count). The van der Waals surface area contributed by atoms with Crippen molar-refractivity contribution < 1.29 is 18.3 Å². The lowest BCUT2D eigenvalue weighted by atomic mass is 10.1. The number of sulfonamides is 1. The molecule has 6 heteroatoms. The second-order valence-corrected chi connectivity index (χ2v) is 7.25. The topological polar surface area (TPSA) is 83.5 Å². The molecule has 1 aromatic rings. The molecule has 0 aliphatic carbocycles. The summed E-state index contributed by atoms with van der Waals surface area (Å²) in [6.45, 7) is 5.75. The summed E-state index contributed by atoms with van der Waals surface area (Å²) in [5.41, 5.74) is 1.06. The molecule has 0 bridgehead atoms. The van der Waals surface area contributed by atoms with Crippen LogP contribution < -0.4 is 4.72 Å². The molecule has 1 atom stereocenters. The van der Waals surface area contributed by atoms with Gasteiger partial charge in [0.05, 0.1) is 4.90 Å². The van der Waals surface area contributed by atoms with Gasteiger partial charge in [-0.05, 0) is 36.5 Å². The smallest absolute Gasteiger partial charge is 0.321 e. The molecule has 0 saturated heterocycles. The number of hydrogen-bond donors (Lipinski definition) is 2. The van der Waals surface area contributed by atoms with Gasteiger partial charge < -0.3 is 5.11 Å². The van der Waals surface area contributed by atoms with Crippen molar-refractivity contribution in [3.05, 3.63) is 29.8 Å². The maximum atomic E-state index is 12.2. The molecule has 5 nitrogen and oxygen atoms in total. The van der Waals surface area contributed by atoms with Crippen LogP contribution in [0.5, 0.6) is 0 Å². The summed E-state index contributed by atoms with van der Waals surface area (Å²) in [7, 11) is -3.81. The normalized spacial score (nSPS) is 13.3. The van der Waals surface area contributed by atoms with E-state index in [9.17, 15) is 13.2 Å². The van der Waals surface area contributed by atoms with Gasteiger partial charge in [-0.3, -0.25) is 4.79 Å². The minimum Gasteiger partial charge on any atom is -0.480 e. The van der Waals surface area contributed by atoms with Gasteiger partial charge in [0.15, 0.2) is 0 Å². The Balaban J connectivity index is 2.91. The summed E-state index contributed by atoms with van der Waals surface area (Å²) >= 11 is 0. The van der Waals surface area contributed by atoms with Gasteiger partial charge >= 0.3 is 5.97 Å². The molecular formula is C15H23NO4S. The predicted molar refractivity (Wildman–Crippen MR) is 81.6 cm³/mol. The second kappa shape index (κ2) is 7.56. The maximum Gasteiger partial charge on any atom is 0.321 e. The van der Waals surface area contributed by atoms with E-state index in [-0.39, 0.29) is 17.2 Å². The van der Waals surface area contributed by atoms with Gasteiger partial charge in [0.2, 0.25) is 10.0 Å². The average Bonchev–Trinajstić information content (AvgIpc) is 2.38. The molecular weight excluding hydrogens is 290 g/mol. The van der Waals surface area contributed by atoms with Gasteiger partial charge in [-0.15, -0.1) is 0 Å². The lowest BCUT2D eigenvalue weighted by Gasteiger charge is -2.16. The van der Waals surface area contributed by atoms with Gasteiger partial charge in [0, 0.05) is 0 Å². The molecule has 0 fully saturated rings. The minimum absolute atomic E-state index is 0.0840. The lowest BCUT2D eigenvalue weighted by molar-refractivity contribution is -0.139. The molecule has 0 aliphatic heterocycles. The third-order valence-electron chi connectivity index (χ3n) is 3.07. The Bertz CT molecular complexity index is 564. The highest BCUT2D eigenvalue weighted by molar-refractivity contribution is 7.89. The van der Waals surface area contributed by atoms with E-state index < -0.39 is 22.0 Å². The lowest BCUT2D eigenvalue weighted by Crippen LogP contribution is -2.41. The molecule has 0 spiro atoms. The number of hydrogen-bond acceptors (Lipinski definition) is 3. The number of benzene rings is 1. The molecule has 1 aromatic carbocycles. The summed E-state index contributed by atoms with van der Waals surface area (Å²) < 4.78 is 26.7. The zero-order chi connectivity index (χ0) is 16.0. The van der Waals surface area contributed by atoms with Crippen molar-refractivity contribution in [1.29, 1.82) is 0 Å². The molecule has 2 N–H and O–H groups in total. The van der Waals surface area contributed by atoms with Crippen LogP contribution in [0.25, 0.3) is 0 Å². The number of carbonyl (C=O) groups is 1. The van der Waals surface area contributed by atoms with Crippen molar-refractivity contribution in [2.24, 2.45) is 5.92 Å². The summed E-state index contributed by atoms with van der Waals surface area (Å²) in [6, 6.07) is 5.45. The number of carboxylic acid groups (broad SMARTS) is 1. The van der Waals surface area contributed by atoms with Crippen LogP contribution in [0.4, 0.5) is 0 Å². The largest absolute Gasteiger partial charge is 0.480 e. The van der Waals surface area contributed by atoms with Crippen molar-refractivity contribution in [2.45, 2.75) is 51.0 Å². The van der Waals surface area contributed by atoms with Crippen LogP contribution in [-0.2, 0) is 21.2 Å². The number of aliphatic carboxylic acids is 1. The average molecular weight is 313 g/mol. The SMILES string of the molecule is CCCc1ccc(S(=O)(=O)N[C@H](CC(C)C)C(=O)O)cc1. The van der Waals surface area contributed by atoms with E-state index in [1.165, 1.54) is 12.1 Å². The molecule has 0 amide bonds. The Morgan fingerprint density at radius 1 is 1.24 bits per heavy atom. The molecule has 0 unspecified atom stereocenters. The summed E-state index contributed by atoms with van der Waals surface area (Å²) in [6.07, 6.45) is 2.13. The van der Waals surface area contributed by atoms with Crippen LogP contribution in [0, 0.1) is 5.92 Å². The summed E-state index contributed by atoms with van der Waals surface area (Å²) in [4.78, 5) is 11.3. The van der Waals surface area contributed by atoms with E-state index in [1.807, 2.05) is 13.8 Å². The molecule has 21 heavy (non-hydrogen) atoms. The summed E-state index contributed by atoms with van der Waals surface area (Å²) in [5.74, 6) is -1.07. The fraction of sp³-hybridized carbons (Fsp3) is 0.533.